The summed E-state index contributed by atoms with van der Waals surface area (Å²) in [6.07, 6.45) is -0.952. The van der Waals surface area contributed by atoms with E-state index in [1.165, 1.54) is 7.11 Å². The Labute approximate surface area is 170 Å². The second-order valence-electron chi connectivity index (χ2n) is 7.51. The van der Waals surface area contributed by atoms with E-state index in [1.807, 2.05) is 4.90 Å². The van der Waals surface area contributed by atoms with Crippen LogP contribution in [-0.2, 0) is 9.47 Å². The molecular formula is C17H20N8O5. The van der Waals surface area contributed by atoms with Crippen LogP contribution in [0.25, 0.3) is 0 Å². The number of primary amides is 1. The van der Waals surface area contributed by atoms with Gasteiger partial charge in [-0.25, -0.2) is 9.79 Å². The zero-order valence-electron chi connectivity index (χ0n) is 16.2. The number of piperazine rings is 1. The van der Waals surface area contributed by atoms with Gasteiger partial charge in [-0.1, -0.05) is 0 Å². The zero-order valence-corrected chi connectivity index (χ0v) is 16.2. The first kappa shape index (κ1) is 18.6. The Kier molecular flexibility index (Phi) is 3.73. The van der Waals surface area contributed by atoms with Gasteiger partial charge in [0.1, 0.15) is 23.8 Å². The molecule has 0 aliphatic carbocycles. The van der Waals surface area contributed by atoms with Crippen LogP contribution in [0.1, 0.15) is 17.0 Å². The van der Waals surface area contributed by atoms with E-state index in [9.17, 15) is 15.0 Å². The minimum atomic E-state index is -0.967. The van der Waals surface area contributed by atoms with Crippen LogP contribution >= 0.6 is 0 Å². The Morgan fingerprint density at radius 1 is 1.40 bits per heavy atom. The lowest BCUT2D eigenvalue weighted by Gasteiger charge is -2.38. The minimum absolute atomic E-state index is 0.0564. The van der Waals surface area contributed by atoms with E-state index in [0.717, 1.165) is 0 Å². The van der Waals surface area contributed by atoms with Crippen molar-refractivity contribution < 1.29 is 24.5 Å². The number of hydrogen-bond donors (Lipinski definition) is 5. The third-order valence-corrected chi connectivity index (χ3v) is 6.11. The number of nitrogens with zero attached hydrogens (tertiary/aromatic N) is 5. The summed E-state index contributed by atoms with van der Waals surface area (Å²) in [6.45, 7) is 2.01. The molecule has 13 nitrogen and oxygen atoms in total. The van der Waals surface area contributed by atoms with Crippen LogP contribution in [0, 0.1) is 6.92 Å². The Balaban J connectivity index is 1.71. The predicted molar refractivity (Wildman–Crippen MR) is 104 cm³/mol. The van der Waals surface area contributed by atoms with E-state index >= 15 is 0 Å². The summed E-state index contributed by atoms with van der Waals surface area (Å²) < 4.78 is 11.0. The zero-order chi connectivity index (χ0) is 21.4. The molecule has 1 amide bonds. The highest BCUT2D eigenvalue weighted by molar-refractivity contribution is 6.00. The number of carbonyl (C=O) groups is 1. The topological polar surface area (TPSA) is 203 Å². The first-order valence-electron chi connectivity index (χ1n) is 9.23. The van der Waals surface area contributed by atoms with Crippen molar-refractivity contribution in [2.45, 2.75) is 30.7 Å². The number of nitrogens with two attached hydrogens (primary N) is 2. The molecule has 5 rings (SSSR count). The fourth-order valence-corrected chi connectivity index (χ4v) is 4.84. The van der Waals surface area contributed by atoms with Crippen molar-refractivity contribution in [3.8, 4) is 11.5 Å². The number of benzene rings is 1. The van der Waals surface area contributed by atoms with Crippen molar-refractivity contribution in [1.82, 2.24) is 5.32 Å². The quantitative estimate of drug-likeness (QED) is 0.329. The van der Waals surface area contributed by atoms with E-state index in [-0.39, 0.29) is 47.8 Å². The smallest absolute Gasteiger partial charge is 0.404 e. The van der Waals surface area contributed by atoms with E-state index in [0.29, 0.717) is 23.4 Å². The molecule has 4 aliphatic rings. The van der Waals surface area contributed by atoms with Crippen molar-refractivity contribution in [3.63, 3.8) is 0 Å². The second-order valence-corrected chi connectivity index (χ2v) is 7.51. The average Bonchev–Trinajstić information content (AvgIpc) is 3.10. The van der Waals surface area contributed by atoms with Gasteiger partial charge < -0.3 is 41.4 Å². The molecule has 0 bridgehead atoms. The summed E-state index contributed by atoms with van der Waals surface area (Å²) in [5.74, 6) is -1.03. The SMILES string of the molecule is COC12C(COC(N)=O)c3c(O)c(N=C4N=NC(N)=N4)c(C)c(O)c3N1CC1NC12. The van der Waals surface area contributed by atoms with Gasteiger partial charge in [-0.2, -0.15) is 4.99 Å². The van der Waals surface area contributed by atoms with Crippen molar-refractivity contribution in [2.75, 3.05) is 25.2 Å². The molecular weight excluding hydrogens is 396 g/mol. The van der Waals surface area contributed by atoms with Gasteiger partial charge in [-0.3, -0.25) is 0 Å². The molecule has 7 N–H and O–H groups in total. The molecule has 158 valence electrons. The van der Waals surface area contributed by atoms with Crippen molar-refractivity contribution >= 4 is 29.4 Å². The van der Waals surface area contributed by atoms with Gasteiger partial charge >= 0.3 is 6.09 Å². The van der Waals surface area contributed by atoms with Crippen molar-refractivity contribution in [3.05, 3.63) is 11.1 Å². The molecule has 0 spiro atoms. The Hall–Kier alpha value is -3.45. The summed E-state index contributed by atoms with van der Waals surface area (Å²) in [5, 5.41) is 32.9. The van der Waals surface area contributed by atoms with Gasteiger partial charge in [0.15, 0.2) is 5.72 Å². The highest BCUT2D eigenvalue weighted by Gasteiger charge is 2.71. The summed E-state index contributed by atoms with van der Waals surface area (Å²) in [6, 6.07) is 0.0884. The van der Waals surface area contributed by atoms with Gasteiger partial charge in [0.2, 0.25) is 5.96 Å². The lowest BCUT2D eigenvalue weighted by Crippen LogP contribution is -2.54. The van der Waals surface area contributed by atoms with Crippen LogP contribution in [0.15, 0.2) is 20.2 Å². The van der Waals surface area contributed by atoms with Gasteiger partial charge in [0.05, 0.1) is 17.6 Å². The standard InChI is InChI=1S/C17H20N8O5/c1-5-9(21-16-22-14(18)23-24-16)12(27)8-6(4-30-15(19)28)17(29-2)13-7(20-13)3-25(17)10(8)11(5)26/h6-7,13,20,26-27H,3-4H2,1-2H3,(H2,19,28)(H2,18,21,22). The van der Waals surface area contributed by atoms with Crippen LogP contribution in [0.5, 0.6) is 11.5 Å². The van der Waals surface area contributed by atoms with E-state index in [4.69, 9.17) is 20.9 Å². The maximum Gasteiger partial charge on any atom is 0.404 e. The van der Waals surface area contributed by atoms with E-state index in [1.54, 1.807) is 6.92 Å². The molecule has 4 atom stereocenters. The lowest BCUT2D eigenvalue weighted by atomic mass is 9.88. The molecule has 4 heterocycles. The Morgan fingerprint density at radius 2 is 2.17 bits per heavy atom. The monoisotopic (exact) mass is 416 g/mol. The van der Waals surface area contributed by atoms with Gasteiger partial charge in [0.25, 0.3) is 5.96 Å². The second kappa shape index (κ2) is 6.03. The number of amides is 1. The van der Waals surface area contributed by atoms with Crippen LogP contribution in [0.4, 0.5) is 16.2 Å². The molecule has 0 aromatic heterocycles. The van der Waals surface area contributed by atoms with Crippen molar-refractivity contribution in [1.29, 1.82) is 0 Å². The van der Waals surface area contributed by atoms with E-state index in [2.05, 4.69) is 25.5 Å². The average molecular weight is 416 g/mol. The highest BCUT2D eigenvalue weighted by atomic mass is 16.6. The minimum Gasteiger partial charge on any atom is -0.505 e. The number of ether oxygens (including phenoxy) is 2. The third-order valence-electron chi connectivity index (χ3n) is 6.11. The number of phenols is 2. The number of aromatic hydroxyl groups is 2. The predicted octanol–water partition coefficient (Wildman–Crippen LogP) is -0.130. The molecule has 2 fully saturated rings. The first-order chi connectivity index (χ1) is 14.3. The third kappa shape index (κ3) is 2.26. The van der Waals surface area contributed by atoms with Crippen LogP contribution in [0.3, 0.4) is 0 Å². The number of guanidine groups is 2. The van der Waals surface area contributed by atoms with Crippen LogP contribution < -0.4 is 21.7 Å². The number of rotatable bonds is 4. The number of carbonyl (C=O) groups excluding carboxylic acids is 1. The Bertz CT molecular complexity index is 1070. The molecule has 30 heavy (non-hydrogen) atoms. The van der Waals surface area contributed by atoms with Crippen LogP contribution in [0.2, 0.25) is 0 Å². The summed E-state index contributed by atoms with van der Waals surface area (Å²) >= 11 is 0. The van der Waals surface area contributed by atoms with Gasteiger partial charge in [-0.15, -0.1) is 10.2 Å². The Morgan fingerprint density at radius 3 is 2.80 bits per heavy atom. The lowest BCUT2D eigenvalue weighted by molar-refractivity contribution is -0.0337. The molecule has 13 heteroatoms. The molecule has 0 radical (unpaired) electrons. The summed E-state index contributed by atoms with van der Waals surface area (Å²) in [7, 11) is 1.54. The number of fused-ring (bicyclic) bond motifs is 5. The van der Waals surface area contributed by atoms with Crippen molar-refractivity contribution in [2.24, 2.45) is 31.7 Å². The molecule has 1 aromatic carbocycles. The van der Waals surface area contributed by atoms with Crippen LogP contribution in [-0.4, -0.2) is 66.3 Å². The first-order valence-corrected chi connectivity index (χ1v) is 9.23. The maximum atomic E-state index is 11.3. The largest absolute Gasteiger partial charge is 0.505 e. The number of aliphatic imine (C=N–C) groups is 2. The maximum absolute atomic E-state index is 11.3. The van der Waals surface area contributed by atoms with E-state index < -0.39 is 17.7 Å². The molecule has 4 unspecified atom stereocenters. The number of phenolic OH excluding ortho intramolecular Hbond substituents is 2. The van der Waals surface area contributed by atoms with Gasteiger partial charge in [-0.05, 0) is 6.92 Å². The highest BCUT2D eigenvalue weighted by Crippen LogP contribution is 2.64. The van der Waals surface area contributed by atoms with Gasteiger partial charge in [0, 0.05) is 30.8 Å². The normalized spacial score (nSPS) is 31.5. The molecule has 0 saturated carbocycles. The molecule has 1 aromatic rings. The number of azo groups is 1. The fourth-order valence-electron chi connectivity index (χ4n) is 4.84. The molecule has 2 saturated heterocycles. The number of nitrogens with one attached hydrogen (secondary N) is 1. The molecule has 4 aliphatic heterocycles. The number of anilines is 1. The number of hydrogen-bond acceptors (Lipinski definition) is 10. The number of methoxy groups -OCH3 is 1. The fraction of sp³-hybridized carbons (Fsp3) is 0.471. The summed E-state index contributed by atoms with van der Waals surface area (Å²) in [4.78, 5) is 21.3. The summed E-state index contributed by atoms with van der Waals surface area (Å²) in [5.41, 5.74) is 10.9.